The number of hydrogen-bond acceptors (Lipinski definition) is 5. The van der Waals surface area contributed by atoms with Crippen molar-refractivity contribution in [1.82, 2.24) is 4.90 Å². The van der Waals surface area contributed by atoms with E-state index in [0.717, 1.165) is 25.9 Å². The zero-order valence-corrected chi connectivity index (χ0v) is 15.3. The number of carbonyl (C=O) groups excluding carboxylic acids is 1. The van der Waals surface area contributed by atoms with E-state index in [2.05, 4.69) is 11.4 Å². The van der Waals surface area contributed by atoms with Crippen LogP contribution in [0, 0.1) is 0 Å². The van der Waals surface area contributed by atoms with Crippen molar-refractivity contribution in [2.75, 3.05) is 32.9 Å². The van der Waals surface area contributed by atoms with E-state index in [9.17, 15) is 4.79 Å². The molecule has 0 atom stereocenters. The minimum absolute atomic E-state index is 0.0539. The van der Waals surface area contributed by atoms with E-state index in [-0.39, 0.29) is 11.5 Å². The molecule has 0 unspecified atom stereocenters. The molecule has 3 aliphatic rings. The van der Waals surface area contributed by atoms with Gasteiger partial charge in [0.05, 0.1) is 12.2 Å². The molecule has 2 aromatic rings. The van der Waals surface area contributed by atoms with E-state index >= 15 is 0 Å². The number of nitrogens with zero attached hydrogens (tertiary/aromatic N) is 1. The molecule has 1 saturated heterocycles. The molecule has 0 N–H and O–H groups in total. The van der Waals surface area contributed by atoms with E-state index < -0.39 is 0 Å². The first-order valence-corrected chi connectivity index (χ1v) is 10.0. The van der Waals surface area contributed by atoms with E-state index in [1.807, 2.05) is 28.4 Å². The van der Waals surface area contributed by atoms with Gasteiger partial charge in [0.15, 0.2) is 11.5 Å². The number of likely N-dealkylation sites (tertiary alicyclic amines) is 1. The Labute approximate surface area is 156 Å². The molecule has 0 aliphatic carbocycles. The Morgan fingerprint density at radius 2 is 1.85 bits per heavy atom. The molecule has 5 rings (SSSR count). The number of carbonyl (C=O) groups is 1. The number of hydrogen-bond donors (Lipinski definition) is 0. The van der Waals surface area contributed by atoms with Gasteiger partial charge in [0, 0.05) is 30.0 Å². The number of benzene rings is 1. The van der Waals surface area contributed by atoms with Gasteiger partial charge in [-0.25, -0.2) is 0 Å². The molecular formula is C20H21NO4S. The Kier molecular flexibility index (Phi) is 3.90. The van der Waals surface area contributed by atoms with Crippen molar-refractivity contribution < 1.29 is 19.0 Å². The fourth-order valence-electron chi connectivity index (χ4n) is 4.20. The highest BCUT2D eigenvalue weighted by Gasteiger charge is 2.42. The van der Waals surface area contributed by atoms with Crippen molar-refractivity contribution in [2.45, 2.75) is 24.9 Å². The van der Waals surface area contributed by atoms with Gasteiger partial charge in [-0.3, -0.25) is 4.79 Å². The third-order valence-electron chi connectivity index (χ3n) is 5.59. The van der Waals surface area contributed by atoms with E-state index in [4.69, 9.17) is 14.2 Å². The van der Waals surface area contributed by atoms with E-state index in [1.165, 1.54) is 10.4 Å². The smallest absolute Gasteiger partial charge is 0.253 e. The van der Waals surface area contributed by atoms with Crippen LogP contribution in [-0.2, 0) is 16.8 Å². The quantitative estimate of drug-likeness (QED) is 0.772. The minimum Gasteiger partial charge on any atom is -0.486 e. The summed E-state index contributed by atoms with van der Waals surface area (Å²) in [6.45, 7) is 3.28. The number of thiophene rings is 1. The average molecular weight is 371 g/mol. The number of amides is 1. The van der Waals surface area contributed by atoms with Gasteiger partial charge in [0.25, 0.3) is 5.91 Å². The summed E-state index contributed by atoms with van der Waals surface area (Å²) in [5.74, 6) is 1.43. The predicted molar refractivity (Wildman–Crippen MR) is 98.2 cm³/mol. The number of fused-ring (bicyclic) bond motifs is 3. The Balaban J connectivity index is 1.32. The van der Waals surface area contributed by atoms with Crippen LogP contribution in [0.1, 0.15) is 33.6 Å². The van der Waals surface area contributed by atoms with Crippen molar-refractivity contribution in [1.29, 1.82) is 0 Å². The molecule has 3 aliphatic heterocycles. The second-order valence-corrected chi connectivity index (χ2v) is 8.00. The first kappa shape index (κ1) is 16.1. The maximum absolute atomic E-state index is 12.9. The van der Waals surface area contributed by atoms with Gasteiger partial charge in [0.1, 0.15) is 13.2 Å². The summed E-state index contributed by atoms with van der Waals surface area (Å²) < 4.78 is 17.4. The average Bonchev–Trinajstić information content (AvgIpc) is 3.18. The lowest BCUT2D eigenvalue weighted by atomic mass is 9.82. The van der Waals surface area contributed by atoms with Gasteiger partial charge in [-0.2, -0.15) is 0 Å². The van der Waals surface area contributed by atoms with Crippen LogP contribution in [0.3, 0.4) is 0 Å². The molecule has 0 saturated carbocycles. The summed E-state index contributed by atoms with van der Waals surface area (Å²) in [5.41, 5.74) is 1.81. The maximum atomic E-state index is 12.9. The molecule has 1 spiro atoms. The van der Waals surface area contributed by atoms with Gasteiger partial charge in [-0.1, -0.05) is 0 Å². The summed E-state index contributed by atoms with van der Waals surface area (Å²) in [6, 6.07) is 7.66. The predicted octanol–water partition coefficient (Wildman–Crippen LogP) is 3.22. The minimum atomic E-state index is -0.197. The molecule has 1 amide bonds. The fraction of sp³-hybridized carbons (Fsp3) is 0.450. The lowest BCUT2D eigenvalue weighted by Gasteiger charge is -2.44. The molecular weight excluding hydrogens is 350 g/mol. The first-order valence-electron chi connectivity index (χ1n) is 9.15. The summed E-state index contributed by atoms with van der Waals surface area (Å²) in [5, 5.41) is 2.16. The number of rotatable bonds is 1. The monoisotopic (exact) mass is 371 g/mol. The van der Waals surface area contributed by atoms with Crippen LogP contribution < -0.4 is 9.47 Å². The molecule has 1 aromatic carbocycles. The highest BCUT2D eigenvalue weighted by Crippen LogP contribution is 2.43. The Bertz CT molecular complexity index is 838. The third-order valence-corrected chi connectivity index (χ3v) is 6.57. The van der Waals surface area contributed by atoms with Crippen LogP contribution in [-0.4, -0.2) is 43.7 Å². The van der Waals surface area contributed by atoms with Crippen molar-refractivity contribution in [3.63, 3.8) is 0 Å². The Hall–Kier alpha value is -2.05. The molecule has 136 valence electrons. The molecule has 5 nitrogen and oxygen atoms in total. The van der Waals surface area contributed by atoms with Gasteiger partial charge < -0.3 is 19.1 Å². The number of piperidine rings is 1. The Morgan fingerprint density at radius 3 is 2.69 bits per heavy atom. The summed E-state index contributed by atoms with van der Waals surface area (Å²) in [4.78, 5) is 16.3. The molecule has 6 heteroatoms. The van der Waals surface area contributed by atoms with Crippen molar-refractivity contribution in [2.24, 2.45) is 0 Å². The van der Waals surface area contributed by atoms with Crippen molar-refractivity contribution >= 4 is 17.2 Å². The molecule has 4 heterocycles. The lowest BCUT2D eigenvalue weighted by molar-refractivity contribution is -0.0926. The summed E-state index contributed by atoms with van der Waals surface area (Å²) >= 11 is 1.82. The maximum Gasteiger partial charge on any atom is 0.253 e. The van der Waals surface area contributed by atoms with E-state index in [0.29, 0.717) is 43.4 Å². The SMILES string of the molecule is O=C(c1ccc2c(c1)OCCO2)N1CCC2(CC1)OCCc1sccc12. The zero-order chi connectivity index (χ0) is 17.6. The first-order chi connectivity index (χ1) is 12.8. The topological polar surface area (TPSA) is 48.0 Å². The molecule has 1 fully saturated rings. The van der Waals surface area contributed by atoms with Gasteiger partial charge >= 0.3 is 0 Å². The molecule has 0 bridgehead atoms. The zero-order valence-electron chi connectivity index (χ0n) is 14.5. The fourth-order valence-corrected chi connectivity index (χ4v) is 5.15. The highest BCUT2D eigenvalue weighted by molar-refractivity contribution is 7.10. The Morgan fingerprint density at radius 1 is 1.04 bits per heavy atom. The van der Waals surface area contributed by atoms with Crippen LogP contribution in [0.4, 0.5) is 0 Å². The number of ether oxygens (including phenoxy) is 3. The molecule has 0 radical (unpaired) electrons. The normalized spacial score (nSPS) is 20.7. The van der Waals surface area contributed by atoms with Gasteiger partial charge in [-0.15, -0.1) is 11.3 Å². The standard InChI is InChI=1S/C20H21NO4S/c22-19(14-1-2-16-17(13-14)24-11-10-23-16)21-7-5-20(6-8-21)15-4-12-26-18(15)3-9-25-20/h1-2,4,12-13H,3,5-11H2. The molecule has 1 aromatic heterocycles. The highest BCUT2D eigenvalue weighted by atomic mass is 32.1. The van der Waals surface area contributed by atoms with Gasteiger partial charge in [-0.05, 0) is 48.1 Å². The summed E-state index contributed by atoms with van der Waals surface area (Å²) in [7, 11) is 0. The third kappa shape index (κ3) is 2.59. The van der Waals surface area contributed by atoms with E-state index in [1.54, 1.807) is 6.07 Å². The van der Waals surface area contributed by atoms with Crippen LogP contribution in [0.25, 0.3) is 0 Å². The second kappa shape index (κ2) is 6.28. The lowest BCUT2D eigenvalue weighted by Crippen LogP contribution is -2.48. The molecule has 26 heavy (non-hydrogen) atoms. The van der Waals surface area contributed by atoms with Crippen LogP contribution in [0.2, 0.25) is 0 Å². The van der Waals surface area contributed by atoms with Crippen LogP contribution >= 0.6 is 11.3 Å². The van der Waals surface area contributed by atoms with Crippen molar-refractivity contribution in [3.05, 3.63) is 45.6 Å². The van der Waals surface area contributed by atoms with Crippen molar-refractivity contribution in [3.8, 4) is 11.5 Å². The largest absolute Gasteiger partial charge is 0.486 e. The van der Waals surface area contributed by atoms with Crippen LogP contribution in [0.5, 0.6) is 11.5 Å². The summed E-state index contributed by atoms with van der Waals surface area (Å²) in [6.07, 6.45) is 2.72. The second-order valence-electron chi connectivity index (χ2n) is 7.00. The van der Waals surface area contributed by atoms with Crippen LogP contribution in [0.15, 0.2) is 29.6 Å². The van der Waals surface area contributed by atoms with Gasteiger partial charge in [0.2, 0.25) is 0 Å².